The summed E-state index contributed by atoms with van der Waals surface area (Å²) in [5, 5.41) is 2.61. The van der Waals surface area contributed by atoms with Crippen molar-refractivity contribution in [1.82, 2.24) is 9.88 Å². The molecule has 0 bridgehead atoms. The minimum Gasteiger partial charge on any atom is -0.368 e. The minimum absolute atomic E-state index is 0.301. The standard InChI is InChI=1S/C19H21F3N4O/c1-2-25-7-9-26(10-8-25)17-11-14(12-23-13-17)18(27)24-16-5-3-15(4-6-16)19(20,21)22/h3-6,11-13H,2,7-10H2,1H3,(H,24,27). The SMILES string of the molecule is CCN1CCN(c2cncc(C(=O)Nc3ccc(C(F)(F)F)cc3)c2)CC1. The number of likely N-dealkylation sites (N-methyl/N-ethyl adjacent to an activating group) is 1. The lowest BCUT2D eigenvalue weighted by Crippen LogP contribution is -2.46. The van der Waals surface area contributed by atoms with Crippen LogP contribution in [0.1, 0.15) is 22.8 Å². The average molecular weight is 378 g/mol. The number of nitrogens with one attached hydrogen (secondary N) is 1. The number of carbonyl (C=O) groups is 1. The molecule has 8 heteroatoms. The molecule has 0 atom stereocenters. The van der Waals surface area contributed by atoms with Crippen LogP contribution in [0.15, 0.2) is 42.7 Å². The molecule has 1 saturated heterocycles. The van der Waals surface area contributed by atoms with Gasteiger partial charge in [-0.2, -0.15) is 13.2 Å². The molecule has 0 saturated carbocycles. The van der Waals surface area contributed by atoms with E-state index in [2.05, 4.69) is 27.0 Å². The van der Waals surface area contributed by atoms with Crippen LogP contribution < -0.4 is 10.2 Å². The number of hydrogen-bond donors (Lipinski definition) is 1. The fourth-order valence-corrected chi connectivity index (χ4v) is 2.99. The summed E-state index contributed by atoms with van der Waals surface area (Å²) in [5.41, 5.74) is 0.779. The van der Waals surface area contributed by atoms with E-state index in [4.69, 9.17) is 0 Å². The number of anilines is 2. The Morgan fingerprint density at radius 1 is 1.11 bits per heavy atom. The summed E-state index contributed by atoms with van der Waals surface area (Å²) < 4.78 is 37.8. The van der Waals surface area contributed by atoms with Crippen molar-refractivity contribution in [3.05, 3.63) is 53.9 Å². The highest BCUT2D eigenvalue weighted by Crippen LogP contribution is 2.30. The molecule has 144 valence electrons. The van der Waals surface area contributed by atoms with E-state index in [-0.39, 0.29) is 0 Å². The zero-order valence-electron chi connectivity index (χ0n) is 15.0. The fourth-order valence-electron chi connectivity index (χ4n) is 2.99. The molecule has 1 fully saturated rings. The lowest BCUT2D eigenvalue weighted by Gasteiger charge is -2.35. The van der Waals surface area contributed by atoms with Crippen LogP contribution in [0.2, 0.25) is 0 Å². The van der Waals surface area contributed by atoms with Crippen molar-refractivity contribution in [1.29, 1.82) is 0 Å². The van der Waals surface area contributed by atoms with Crippen LogP contribution in [-0.4, -0.2) is 48.5 Å². The van der Waals surface area contributed by atoms with E-state index < -0.39 is 17.6 Å². The molecule has 1 aliphatic heterocycles. The lowest BCUT2D eigenvalue weighted by atomic mass is 10.2. The van der Waals surface area contributed by atoms with Gasteiger partial charge in [0, 0.05) is 38.1 Å². The summed E-state index contributed by atoms with van der Waals surface area (Å²) in [6.45, 7) is 6.78. The number of carbonyl (C=O) groups excluding carboxylic acids is 1. The number of benzene rings is 1. The van der Waals surface area contributed by atoms with E-state index in [1.54, 1.807) is 12.3 Å². The summed E-state index contributed by atoms with van der Waals surface area (Å²) in [6.07, 6.45) is -1.23. The molecule has 0 spiro atoms. The molecule has 2 heterocycles. The molecule has 1 aliphatic rings. The Morgan fingerprint density at radius 2 is 1.78 bits per heavy atom. The highest BCUT2D eigenvalue weighted by molar-refractivity contribution is 6.04. The zero-order valence-corrected chi connectivity index (χ0v) is 15.0. The van der Waals surface area contributed by atoms with Crippen molar-refractivity contribution in [2.45, 2.75) is 13.1 Å². The average Bonchev–Trinajstić information content (AvgIpc) is 2.68. The van der Waals surface area contributed by atoms with Crippen molar-refractivity contribution in [3.63, 3.8) is 0 Å². The van der Waals surface area contributed by atoms with Gasteiger partial charge >= 0.3 is 6.18 Å². The van der Waals surface area contributed by atoms with E-state index in [1.807, 2.05) is 0 Å². The van der Waals surface area contributed by atoms with Crippen LogP contribution in [0, 0.1) is 0 Å². The maximum absolute atomic E-state index is 12.6. The van der Waals surface area contributed by atoms with E-state index in [9.17, 15) is 18.0 Å². The molecule has 0 unspecified atom stereocenters. The zero-order chi connectivity index (χ0) is 19.4. The summed E-state index contributed by atoms with van der Waals surface area (Å²) in [7, 11) is 0. The number of hydrogen-bond acceptors (Lipinski definition) is 4. The number of piperazine rings is 1. The van der Waals surface area contributed by atoms with Crippen molar-refractivity contribution >= 4 is 17.3 Å². The first-order valence-corrected chi connectivity index (χ1v) is 8.78. The van der Waals surface area contributed by atoms with Crippen LogP contribution in [-0.2, 0) is 6.18 Å². The molecule has 3 rings (SSSR count). The summed E-state index contributed by atoms with van der Waals surface area (Å²) >= 11 is 0. The van der Waals surface area contributed by atoms with Gasteiger partial charge in [0.1, 0.15) is 0 Å². The van der Waals surface area contributed by atoms with Crippen molar-refractivity contribution in [2.75, 3.05) is 42.9 Å². The first-order valence-electron chi connectivity index (χ1n) is 8.78. The Morgan fingerprint density at radius 3 is 2.37 bits per heavy atom. The van der Waals surface area contributed by atoms with Crippen molar-refractivity contribution < 1.29 is 18.0 Å². The number of halogens is 3. The maximum Gasteiger partial charge on any atom is 0.416 e. The summed E-state index contributed by atoms with van der Waals surface area (Å²) in [6, 6.07) is 6.12. The smallest absolute Gasteiger partial charge is 0.368 e. The van der Waals surface area contributed by atoms with Gasteiger partial charge in [0.05, 0.1) is 23.0 Å². The van der Waals surface area contributed by atoms with Gasteiger partial charge in [0.25, 0.3) is 5.91 Å². The third-order valence-corrected chi connectivity index (χ3v) is 4.64. The Bertz CT molecular complexity index is 784. The van der Waals surface area contributed by atoms with Gasteiger partial charge in [-0.15, -0.1) is 0 Å². The first kappa shape index (κ1) is 19.2. The monoisotopic (exact) mass is 378 g/mol. The second-order valence-corrected chi connectivity index (χ2v) is 6.38. The Labute approximate surface area is 155 Å². The Kier molecular flexibility index (Phi) is 5.65. The second-order valence-electron chi connectivity index (χ2n) is 6.38. The van der Waals surface area contributed by atoms with E-state index in [0.29, 0.717) is 11.3 Å². The highest BCUT2D eigenvalue weighted by atomic mass is 19.4. The number of aromatic nitrogens is 1. The van der Waals surface area contributed by atoms with Crippen LogP contribution >= 0.6 is 0 Å². The highest BCUT2D eigenvalue weighted by Gasteiger charge is 2.30. The van der Waals surface area contributed by atoms with Gasteiger partial charge in [0.15, 0.2) is 0 Å². The molecular weight excluding hydrogens is 357 g/mol. The van der Waals surface area contributed by atoms with Crippen LogP contribution in [0.25, 0.3) is 0 Å². The molecule has 1 aromatic carbocycles. The number of pyridine rings is 1. The van der Waals surface area contributed by atoms with Crippen LogP contribution in [0.4, 0.5) is 24.5 Å². The van der Waals surface area contributed by atoms with Gasteiger partial charge in [-0.1, -0.05) is 6.92 Å². The van der Waals surface area contributed by atoms with Gasteiger partial charge in [-0.05, 0) is 36.9 Å². The summed E-state index contributed by atoms with van der Waals surface area (Å²) in [4.78, 5) is 21.1. The lowest BCUT2D eigenvalue weighted by molar-refractivity contribution is -0.137. The molecule has 1 amide bonds. The third-order valence-electron chi connectivity index (χ3n) is 4.64. The number of nitrogens with zero attached hydrogens (tertiary/aromatic N) is 3. The van der Waals surface area contributed by atoms with Gasteiger partial charge in [-0.3, -0.25) is 9.78 Å². The molecule has 1 aromatic heterocycles. The second kappa shape index (κ2) is 7.96. The van der Waals surface area contributed by atoms with E-state index in [1.165, 1.54) is 18.3 Å². The molecule has 5 nitrogen and oxygen atoms in total. The molecule has 2 aromatic rings. The van der Waals surface area contributed by atoms with Crippen LogP contribution in [0.3, 0.4) is 0 Å². The van der Waals surface area contributed by atoms with Crippen molar-refractivity contribution in [2.24, 2.45) is 0 Å². The summed E-state index contributed by atoms with van der Waals surface area (Å²) in [5.74, 6) is -0.406. The number of rotatable bonds is 4. The Balaban J connectivity index is 1.67. The van der Waals surface area contributed by atoms with Gasteiger partial charge < -0.3 is 15.1 Å². The number of amides is 1. The van der Waals surface area contributed by atoms with Gasteiger partial charge in [-0.25, -0.2) is 0 Å². The fraction of sp³-hybridized carbons (Fsp3) is 0.368. The quantitative estimate of drug-likeness (QED) is 0.885. The maximum atomic E-state index is 12.6. The molecule has 0 radical (unpaired) electrons. The molecular formula is C19H21F3N4O. The Hall–Kier alpha value is -2.61. The van der Waals surface area contributed by atoms with Crippen LogP contribution in [0.5, 0.6) is 0 Å². The third kappa shape index (κ3) is 4.77. The van der Waals surface area contributed by atoms with Crippen molar-refractivity contribution in [3.8, 4) is 0 Å². The van der Waals surface area contributed by atoms with E-state index in [0.717, 1.165) is 50.5 Å². The topological polar surface area (TPSA) is 48.5 Å². The predicted molar refractivity (Wildman–Crippen MR) is 98.0 cm³/mol. The minimum atomic E-state index is -4.40. The molecule has 27 heavy (non-hydrogen) atoms. The van der Waals surface area contributed by atoms with Gasteiger partial charge in [0.2, 0.25) is 0 Å². The molecule has 1 N–H and O–H groups in total. The van der Waals surface area contributed by atoms with E-state index >= 15 is 0 Å². The number of alkyl halides is 3. The largest absolute Gasteiger partial charge is 0.416 e. The normalized spacial score (nSPS) is 15.6. The first-order chi connectivity index (χ1) is 12.9. The molecule has 0 aliphatic carbocycles. The predicted octanol–water partition coefficient (Wildman–Crippen LogP) is 3.49.